The number of rotatable bonds is 3. The van der Waals surface area contributed by atoms with E-state index in [2.05, 4.69) is 0 Å². The highest BCUT2D eigenvalue weighted by molar-refractivity contribution is 7.99. The highest BCUT2D eigenvalue weighted by atomic mass is 32.2. The molecular formula is C16H12O4S. The van der Waals surface area contributed by atoms with Crippen molar-refractivity contribution in [2.24, 2.45) is 0 Å². The molecule has 0 fully saturated rings. The second-order valence-corrected chi connectivity index (χ2v) is 5.43. The van der Waals surface area contributed by atoms with Gasteiger partial charge in [-0.15, -0.1) is 0 Å². The summed E-state index contributed by atoms with van der Waals surface area (Å²) < 4.78 is 10.4. The molecule has 1 aromatic heterocycles. The second kappa shape index (κ2) is 5.54. The first-order chi connectivity index (χ1) is 10.2. The van der Waals surface area contributed by atoms with Gasteiger partial charge < -0.3 is 14.3 Å². The van der Waals surface area contributed by atoms with Crippen molar-refractivity contribution >= 4 is 22.7 Å². The van der Waals surface area contributed by atoms with Crippen LogP contribution in [0, 0.1) is 0 Å². The molecular weight excluding hydrogens is 288 g/mol. The molecule has 1 N–H and O–H groups in total. The molecule has 4 nitrogen and oxygen atoms in total. The van der Waals surface area contributed by atoms with Crippen molar-refractivity contribution < 1.29 is 14.3 Å². The Hall–Kier alpha value is -2.40. The van der Waals surface area contributed by atoms with Crippen molar-refractivity contribution in [3.63, 3.8) is 0 Å². The molecule has 0 unspecified atom stereocenters. The first-order valence-corrected chi connectivity index (χ1v) is 7.07. The van der Waals surface area contributed by atoms with E-state index in [1.54, 1.807) is 18.2 Å². The Morgan fingerprint density at radius 2 is 1.90 bits per heavy atom. The van der Waals surface area contributed by atoms with Gasteiger partial charge in [0.05, 0.1) is 12.5 Å². The molecule has 0 bridgehead atoms. The zero-order valence-electron chi connectivity index (χ0n) is 11.2. The van der Waals surface area contributed by atoms with Crippen LogP contribution in [0.5, 0.6) is 11.5 Å². The summed E-state index contributed by atoms with van der Waals surface area (Å²) in [7, 11) is 1.53. The van der Waals surface area contributed by atoms with Gasteiger partial charge >= 0.3 is 5.63 Å². The minimum atomic E-state index is -0.567. The van der Waals surface area contributed by atoms with E-state index in [1.165, 1.54) is 18.9 Å². The Kier molecular flexibility index (Phi) is 3.58. The van der Waals surface area contributed by atoms with Gasteiger partial charge in [-0.2, -0.15) is 0 Å². The highest BCUT2D eigenvalue weighted by Crippen LogP contribution is 2.37. The summed E-state index contributed by atoms with van der Waals surface area (Å²) in [5, 5.41) is 10.8. The SMILES string of the molecule is COc1ccc2c(O)c(Sc3ccccc3)c(=O)oc2c1. The van der Waals surface area contributed by atoms with Crippen LogP contribution in [0.25, 0.3) is 11.0 Å². The first kappa shape index (κ1) is 13.6. The van der Waals surface area contributed by atoms with Crippen molar-refractivity contribution in [2.75, 3.05) is 7.11 Å². The van der Waals surface area contributed by atoms with Crippen LogP contribution in [-0.2, 0) is 0 Å². The second-order valence-electron chi connectivity index (χ2n) is 4.34. The third-order valence-corrected chi connectivity index (χ3v) is 4.08. The molecule has 21 heavy (non-hydrogen) atoms. The normalized spacial score (nSPS) is 10.7. The number of benzene rings is 2. The summed E-state index contributed by atoms with van der Waals surface area (Å²) >= 11 is 1.18. The predicted octanol–water partition coefficient (Wildman–Crippen LogP) is 3.66. The van der Waals surface area contributed by atoms with Gasteiger partial charge in [0.15, 0.2) is 0 Å². The molecule has 0 aliphatic heterocycles. The minimum Gasteiger partial charge on any atom is -0.506 e. The summed E-state index contributed by atoms with van der Waals surface area (Å²) in [5.41, 5.74) is -0.267. The van der Waals surface area contributed by atoms with E-state index in [1.807, 2.05) is 30.3 Å². The van der Waals surface area contributed by atoms with E-state index >= 15 is 0 Å². The van der Waals surface area contributed by atoms with Crippen molar-refractivity contribution in [2.45, 2.75) is 9.79 Å². The van der Waals surface area contributed by atoms with Crippen molar-refractivity contribution in [1.82, 2.24) is 0 Å². The monoisotopic (exact) mass is 300 g/mol. The van der Waals surface area contributed by atoms with Crippen LogP contribution in [0.4, 0.5) is 0 Å². The lowest BCUT2D eigenvalue weighted by molar-refractivity contribution is 0.412. The van der Waals surface area contributed by atoms with E-state index in [9.17, 15) is 9.90 Å². The third-order valence-electron chi connectivity index (χ3n) is 3.01. The molecule has 3 rings (SSSR count). The first-order valence-electron chi connectivity index (χ1n) is 6.26. The van der Waals surface area contributed by atoms with Gasteiger partial charge in [-0.1, -0.05) is 30.0 Å². The summed E-state index contributed by atoms with van der Waals surface area (Å²) in [6, 6.07) is 14.3. The zero-order chi connectivity index (χ0) is 14.8. The predicted molar refractivity (Wildman–Crippen MR) is 81.3 cm³/mol. The van der Waals surface area contributed by atoms with Crippen LogP contribution in [0.1, 0.15) is 0 Å². The summed E-state index contributed by atoms with van der Waals surface area (Å²) in [4.78, 5) is 13.1. The Morgan fingerprint density at radius 1 is 1.14 bits per heavy atom. The molecule has 1 heterocycles. The molecule has 0 atom stereocenters. The third kappa shape index (κ3) is 2.60. The van der Waals surface area contributed by atoms with Crippen LogP contribution < -0.4 is 10.4 Å². The van der Waals surface area contributed by atoms with Crippen molar-refractivity contribution in [3.8, 4) is 11.5 Å². The van der Waals surface area contributed by atoms with E-state index in [4.69, 9.17) is 9.15 Å². The number of hydrogen-bond donors (Lipinski definition) is 1. The van der Waals surface area contributed by atoms with Crippen LogP contribution in [0.2, 0.25) is 0 Å². The van der Waals surface area contributed by atoms with E-state index in [-0.39, 0.29) is 10.6 Å². The maximum Gasteiger partial charge on any atom is 0.354 e. The fraction of sp³-hybridized carbons (Fsp3) is 0.0625. The van der Waals surface area contributed by atoms with E-state index in [0.29, 0.717) is 16.7 Å². The topological polar surface area (TPSA) is 59.7 Å². The average Bonchev–Trinajstić information content (AvgIpc) is 2.52. The molecule has 2 aromatic carbocycles. The van der Waals surface area contributed by atoms with Crippen molar-refractivity contribution in [1.29, 1.82) is 0 Å². The molecule has 106 valence electrons. The molecule has 0 aliphatic rings. The molecule has 0 radical (unpaired) electrons. The quantitative estimate of drug-likeness (QED) is 0.748. The van der Waals surface area contributed by atoms with Gasteiger partial charge in [-0.25, -0.2) is 4.79 Å². The maximum absolute atomic E-state index is 12.1. The molecule has 5 heteroatoms. The van der Waals surface area contributed by atoms with E-state index in [0.717, 1.165) is 4.90 Å². The van der Waals surface area contributed by atoms with Crippen LogP contribution >= 0.6 is 11.8 Å². The Labute approximate surface area is 125 Å². The van der Waals surface area contributed by atoms with Crippen LogP contribution in [0.3, 0.4) is 0 Å². The van der Waals surface area contributed by atoms with Gasteiger partial charge in [0.1, 0.15) is 22.0 Å². The van der Waals surface area contributed by atoms with Gasteiger partial charge in [-0.3, -0.25) is 0 Å². The summed E-state index contributed by atoms with van der Waals surface area (Å²) in [6.07, 6.45) is 0. The molecule has 0 spiro atoms. The lowest BCUT2D eigenvalue weighted by atomic mass is 10.2. The zero-order valence-corrected chi connectivity index (χ0v) is 12.0. The molecule has 0 saturated heterocycles. The summed E-state index contributed by atoms with van der Waals surface area (Å²) in [5.74, 6) is 0.492. The molecule has 0 aliphatic carbocycles. The van der Waals surface area contributed by atoms with Gasteiger partial charge in [0.25, 0.3) is 0 Å². The number of aromatic hydroxyl groups is 1. The molecule has 0 saturated carbocycles. The highest BCUT2D eigenvalue weighted by Gasteiger charge is 2.15. The van der Waals surface area contributed by atoms with E-state index < -0.39 is 5.63 Å². The standard InChI is InChI=1S/C16H12O4S/c1-19-10-7-8-12-13(9-10)20-16(18)15(14(12)17)21-11-5-3-2-4-6-11/h2-9,17H,1H3. The number of methoxy groups -OCH3 is 1. The summed E-state index contributed by atoms with van der Waals surface area (Å²) in [6.45, 7) is 0. The lowest BCUT2D eigenvalue weighted by Crippen LogP contribution is -2.02. The Balaban J connectivity index is 2.14. The van der Waals surface area contributed by atoms with Crippen LogP contribution in [0.15, 0.2) is 67.5 Å². The Morgan fingerprint density at radius 3 is 2.62 bits per heavy atom. The smallest absolute Gasteiger partial charge is 0.354 e. The number of hydrogen-bond acceptors (Lipinski definition) is 5. The molecule has 0 amide bonds. The fourth-order valence-corrected chi connectivity index (χ4v) is 2.83. The average molecular weight is 300 g/mol. The largest absolute Gasteiger partial charge is 0.506 e. The lowest BCUT2D eigenvalue weighted by Gasteiger charge is -2.07. The fourth-order valence-electron chi connectivity index (χ4n) is 1.97. The van der Waals surface area contributed by atoms with Gasteiger partial charge in [0, 0.05) is 11.0 Å². The Bertz CT molecular complexity index is 840. The van der Waals surface area contributed by atoms with Gasteiger partial charge in [-0.05, 0) is 24.3 Å². The molecule has 3 aromatic rings. The maximum atomic E-state index is 12.1. The minimum absolute atomic E-state index is 0.0715. The number of ether oxygens (including phenoxy) is 1. The number of fused-ring (bicyclic) bond motifs is 1. The van der Waals surface area contributed by atoms with Crippen LogP contribution in [-0.4, -0.2) is 12.2 Å². The van der Waals surface area contributed by atoms with Crippen molar-refractivity contribution in [3.05, 3.63) is 59.0 Å². The van der Waals surface area contributed by atoms with Gasteiger partial charge in [0.2, 0.25) is 0 Å².